The second-order valence-corrected chi connectivity index (χ2v) is 26.2. The third-order valence-corrected chi connectivity index (χ3v) is 16.7. The van der Waals surface area contributed by atoms with Crippen LogP contribution in [0, 0.1) is 44.2 Å². The van der Waals surface area contributed by atoms with Gasteiger partial charge < -0.3 is 29.9 Å². The zero-order valence-electron chi connectivity index (χ0n) is 51.4. The highest BCUT2D eigenvalue weighted by molar-refractivity contribution is 7.21. The number of ether oxygens (including phenoxy) is 2. The smallest absolute Gasteiger partial charge is 0.333 e. The van der Waals surface area contributed by atoms with Gasteiger partial charge in [0.05, 0.1) is 73.1 Å². The number of aliphatic hydroxyl groups is 3. The average molecular weight is 1230 g/mol. The number of carbonyl (C=O) groups excluding carboxylic acids is 2. The molecule has 4 N–H and O–H groups in total. The number of aromatic hydroxyl groups is 1. The van der Waals surface area contributed by atoms with Crippen molar-refractivity contribution in [3.63, 3.8) is 0 Å². The molecule has 0 saturated carbocycles. The first kappa shape index (κ1) is 67.9. The highest BCUT2D eigenvalue weighted by Gasteiger charge is 2.38. The van der Waals surface area contributed by atoms with Gasteiger partial charge in [0.2, 0.25) is 0 Å². The number of hydrogen-bond donors (Lipinski definition) is 4. The SMILES string of the molecule is CO.Cc1c(-n2nccn2)sc2c1c(=O)n(C(C)(C)C(=O)CC(C)C)c(=O)n2C[C@H](OCC(C)(C)O)c1cc(F)ccc1O.Cc1ccc(F)cc1[C@H](Cn1c(=O)n(C(C)(C)C(=O)CC(C)C)c(=O)c2c(C)c(-n3nccn3)sc21)OCC(C)(C)O. The summed E-state index contributed by atoms with van der Waals surface area (Å²) in [6.45, 7) is 24.6. The summed E-state index contributed by atoms with van der Waals surface area (Å²) in [7, 11) is 1.00. The minimum atomic E-state index is -1.50. The van der Waals surface area contributed by atoms with Crippen molar-refractivity contribution < 1.29 is 48.3 Å². The van der Waals surface area contributed by atoms with Gasteiger partial charge in [-0.2, -0.15) is 20.4 Å². The molecular weight excluding hydrogens is 1150 g/mol. The van der Waals surface area contributed by atoms with E-state index in [2.05, 4.69) is 20.4 Å². The van der Waals surface area contributed by atoms with Gasteiger partial charge in [-0.3, -0.25) is 28.3 Å². The third-order valence-electron chi connectivity index (χ3n) is 14.1. The number of aryl methyl sites for hydroxylation is 3. The maximum Gasteiger partial charge on any atom is 0.333 e. The largest absolute Gasteiger partial charge is 0.508 e. The first-order chi connectivity index (χ1) is 40.0. The Hall–Kier alpha value is -7.20. The van der Waals surface area contributed by atoms with E-state index >= 15 is 0 Å². The van der Waals surface area contributed by atoms with Gasteiger partial charge in [-0.1, -0.05) is 56.4 Å². The fourth-order valence-corrected chi connectivity index (χ4v) is 12.1. The van der Waals surface area contributed by atoms with Crippen LogP contribution in [0.3, 0.4) is 0 Å². The summed E-state index contributed by atoms with van der Waals surface area (Å²) in [6, 6.07) is 7.66. The fourth-order valence-electron chi connectivity index (χ4n) is 9.65. The lowest BCUT2D eigenvalue weighted by atomic mass is 9.91. The Morgan fingerprint density at radius 1 is 0.581 bits per heavy atom. The van der Waals surface area contributed by atoms with Crippen LogP contribution in [-0.4, -0.2) is 112 Å². The van der Waals surface area contributed by atoms with Gasteiger partial charge in [0, 0.05) is 36.6 Å². The molecule has 6 aromatic heterocycles. The summed E-state index contributed by atoms with van der Waals surface area (Å²) in [6.07, 6.45) is 4.32. The number of aliphatic hydroxyl groups excluding tert-OH is 1. The summed E-state index contributed by atoms with van der Waals surface area (Å²) < 4.78 is 45.6. The number of Topliss-reactive ketones (excluding diaryl/α,β-unsaturated/α-hetero) is 2. The molecule has 8 aromatic rings. The van der Waals surface area contributed by atoms with Gasteiger partial charge in [0.25, 0.3) is 11.1 Å². The Morgan fingerprint density at radius 3 is 1.29 bits per heavy atom. The minimum absolute atomic E-state index is 0.00521. The quantitative estimate of drug-likeness (QED) is 0.0502. The number of aromatic nitrogens is 10. The minimum Gasteiger partial charge on any atom is -0.508 e. The Morgan fingerprint density at radius 2 is 0.930 bits per heavy atom. The molecule has 0 spiro atoms. The van der Waals surface area contributed by atoms with E-state index in [0.29, 0.717) is 31.5 Å². The first-order valence-corrected chi connectivity index (χ1v) is 29.4. The molecule has 2 aromatic carbocycles. The molecule has 0 fully saturated rings. The molecule has 22 nitrogen and oxygen atoms in total. The monoisotopic (exact) mass is 1230 g/mol. The lowest BCUT2D eigenvalue weighted by Gasteiger charge is -2.29. The number of benzene rings is 2. The molecule has 6 heterocycles. The van der Waals surface area contributed by atoms with Crippen LogP contribution in [0.2, 0.25) is 0 Å². The molecule has 26 heteroatoms. The predicted octanol–water partition coefficient (Wildman–Crippen LogP) is 7.89. The number of rotatable bonds is 22. The zero-order valence-corrected chi connectivity index (χ0v) is 53.1. The van der Waals surface area contributed by atoms with Gasteiger partial charge in [-0.15, -0.1) is 9.59 Å². The van der Waals surface area contributed by atoms with E-state index in [-0.39, 0.29) is 89.5 Å². The fraction of sp³-hybridized carbons (Fsp3) is 0.500. The second kappa shape index (κ2) is 26.8. The lowest BCUT2D eigenvalue weighted by Crippen LogP contribution is -2.53. The molecule has 0 aliphatic heterocycles. The van der Waals surface area contributed by atoms with Crippen LogP contribution in [-0.2, 0) is 43.2 Å². The summed E-state index contributed by atoms with van der Waals surface area (Å²) in [5, 5.41) is 56.7. The molecule has 86 heavy (non-hydrogen) atoms. The van der Waals surface area contributed by atoms with E-state index in [1.807, 2.05) is 27.7 Å². The van der Waals surface area contributed by atoms with Crippen molar-refractivity contribution >= 4 is 54.7 Å². The van der Waals surface area contributed by atoms with E-state index < -0.39 is 68.6 Å². The molecule has 0 unspecified atom stereocenters. The van der Waals surface area contributed by atoms with Gasteiger partial charge >= 0.3 is 11.4 Å². The Balaban J connectivity index is 0.000000267. The van der Waals surface area contributed by atoms with E-state index in [1.54, 1.807) is 54.5 Å². The number of hydrogen-bond acceptors (Lipinski definition) is 18. The van der Waals surface area contributed by atoms with Crippen LogP contribution < -0.4 is 22.5 Å². The van der Waals surface area contributed by atoms with Crippen LogP contribution in [0.15, 0.2) is 80.4 Å². The van der Waals surface area contributed by atoms with E-state index in [4.69, 9.17) is 14.6 Å². The standard InChI is InChI=1S/C30H38FN5O5S.C29H36FN5O6S.CH4O/c1-17(2)13-23(37)30(7,8)35-25(38)24-19(4)26(36-32-11-12-33-36)42-27(24)34(28(35)39)15-22(41-16-29(5,6)40)21-14-20(31)10-9-18(21)3;1-16(2)12-22(37)29(6,7)34-24(38)23-17(3)25(35-31-10-11-32-35)42-26(23)33(27(34)39)14-21(41-15-28(4,5)40)19-13-18(30)8-9-20(19)36;1-2/h9-12,14,17,22,40H,13,15-16H2,1-8H3;8-11,13,16,21,36,40H,12,14-15H2,1-7H3;2H,1H3/t22-;21-;/m00./s1. The zero-order chi connectivity index (χ0) is 64.3. The van der Waals surface area contributed by atoms with E-state index in [0.717, 1.165) is 45.3 Å². The summed E-state index contributed by atoms with van der Waals surface area (Å²) in [5.74, 6) is -1.91. The number of phenolic OH excluding ortho intramolecular Hbond substituents is 1. The van der Waals surface area contributed by atoms with Crippen molar-refractivity contribution in [1.82, 2.24) is 48.3 Å². The van der Waals surface area contributed by atoms with Crippen molar-refractivity contribution in [1.29, 1.82) is 0 Å². The van der Waals surface area contributed by atoms with Gasteiger partial charge in [-0.05, 0) is 129 Å². The molecular formula is C60H78F2N10O12S2. The molecule has 0 aliphatic carbocycles. The number of phenols is 1. The second-order valence-electron chi connectivity index (χ2n) is 24.2. The van der Waals surface area contributed by atoms with Crippen LogP contribution in [0.25, 0.3) is 30.4 Å². The highest BCUT2D eigenvalue weighted by Crippen LogP contribution is 2.37. The molecule has 466 valence electrons. The molecule has 0 saturated heterocycles. The van der Waals surface area contributed by atoms with Crippen molar-refractivity contribution in [2.45, 2.75) is 164 Å². The lowest BCUT2D eigenvalue weighted by molar-refractivity contribution is -0.127. The highest BCUT2D eigenvalue weighted by atomic mass is 32.1. The van der Waals surface area contributed by atoms with Crippen LogP contribution in [0.1, 0.15) is 136 Å². The molecule has 8 rings (SSSR count). The van der Waals surface area contributed by atoms with E-state index in [9.17, 15) is 52.9 Å². The maximum atomic E-state index is 14.5. The normalized spacial score (nSPS) is 13.1. The van der Waals surface area contributed by atoms with Gasteiger partial charge in [0.15, 0.2) is 11.6 Å². The summed E-state index contributed by atoms with van der Waals surface area (Å²) in [5.41, 5.74) is -5.80. The Kier molecular flexibility index (Phi) is 21.2. The number of fused-ring (bicyclic) bond motifs is 2. The molecule has 0 radical (unpaired) electrons. The van der Waals surface area contributed by atoms with E-state index in [1.165, 1.54) is 101 Å². The van der Waals surface area contributed by atoms with Crippen LogP contribution in [0.5, 0.6) is 5.75 Å². The van der Waals surface area contributed by atoms with Gasteiger partial charge in [0.1, 0.15) is 60.3 Å². The Bertz CT molecular complexity index is 3720. The maximum absolute atomic E-state index is 14.5. The molecule has 0 amide bonds. The average Bonchev–Trinajstić information content (AvgIpc) is 1.47. The topological polar surface area (TPSA) is 283 Å². The first-order valence-electron chi connectivity index (χ1n) is 27.8. The third kappa shape index (κ3) is 14.8. The van der Waals surface area contributed by atoms with Crippen molar-refractivity contribution in [2.24, 2.45) is 11.8 Å². The predicted molar refractivity (Wildman–Crippen MR) is 325 cm³/mol. The van der Waals surface area contributed by atoms with Crippen molar-refractivity contribution in [2.75, 3.05) is 20.3 Å². The van der Waals surface area contributed by atoms with Crippen molar-refractivity contribution in [3.8, 4) is 15.8 Å². The molecule has 2 atom stereocenters. The Labute approximate surface area is 503 Å². The number of nitrogens with zero attached hydrogens (tertiary/aromatic N) is 10. The summed E-state index contributed by atoms with van der Waals surface area (Å²) >= 11 is 2.27. The van der Waals surface area contributed by atoms with Gasteiger partial charge in [-0.25, -0.2) is 27.5 Å². The van der Waals surface area contributed by atoms with Crippen molar-refractivity contribution in [3.05, 3.63) is 142 Å². The number of thiophene rings is 2. The van der Waals surface area contributed by atoms with Crippen LogP contribution in [0.4, 0.5) is 8.78 Å². The molecule has 0 aliphatic rings. The number of carbonyl (C=O) groups is 2. The number of ketones is 2. The summed E-state index contributed by atoms with van der Waals surface area (Å²) in [4.78, 5) is 86.9. The number of halogens is 2. The molecule has 0 bridgehead atoms. The van der Waals surface area contributed by atoms with Crippen LogP contribution >= 0.6 is 22.7 Å².